The Morgan fingerprint density at radius 3 is 2.90 bits per heavy atom. The van der Waals surface area contributed by atoms with Gasteiger partial charge in [-0.05, 0) is 13.0 Å². The smallest absolute Gasteiger partial charge is 0.310 e. The molecule has 0 saturated heterocycles. The van der Waals surface area contributed by atoms with Crippen molar-refractivity contribution >= 4 is 28.1 Å². The first-order valence-corrected chi connectivity index (χ1v) is 6.56. The van der Waals surface area contributed by atoms with Crippen LogP contribution in [-0.2, 0) is 4.79 Å². The number of nitro benzene ring substituents is 1. The van der Waals surface area contributed by atoms with Crippen LogP contribution in [0.2, 0.25) is 0 Å². The van der Waals surface area contributed by atoms with E-state index in [4.69, 9.17) is 4.74 Å². The zero-order valence-corrected chi connectivity index (χ0v) is 11.3. The first-order chi connectivity index (χ1) is 9.58. The van der Waals surface area contributed by atoms with Crippen molar-refractivity contribution < 1.29 is 14.5 Å². The number of rotatable bonds is 5. The monoisotopic (exact) mass is 293 g/mol. The normalized spacial score (nSPS) is 11.7. The number of hydrogen-bond acceptors (Lipinski definition) is 6. The number of nitrogens with one attached hydrogen (secondary N) is 1. The Hall–Kier alpha value is -2.48. The zero-order chi connectivity index (χ0) is 14.5. The molecule has 0 aliphatic heterocycles. The molecular weight excluding hydrogens is 282 g/mol. The minimum Gasteiger partial charge on any atom is -0.474 e. The van der Waals surface area contributed by atoms with E-state index in [0.29, 0.717) is 5.13 Å². The lowest BCUT2D eigenvalue weighted by atomic mass is 10.3. The van der Waals surface area contributed by atoms with Crippen molar-refractivity contribution in [3.63, 3.8) is 0 Å². The largest absolute Gasteiger partial charge is 0.474 e. The van der Waals surface area contributed by atoms with E-state index in [1.54, 1.807) is 17.6 Å². The van der Waals surface area contributed by atoms with Crippen LogP contribution < -0.4 is 10.1 Å². The SMILES string of the molecule is CC(Oc1ccccc1[N+](=O)[O-])C(=O)Nc1nccs1. The Bertz CT molecular complexity index is 615. The van der Waals surface area contributed by atoms with E-state index in [9.17, 15) is 14.9 Å². The van der Waals surface area contributed by atoms with Crippen molar-refractivity contribution in [1.29, 1.82) is 0 Å². The van der Waals surface area contributed by atoms with Crippen molar-refractivity contribution in [2.24, 2.45) is 0 Å². The molecule has 0 fully saturated rings. The number of aromatic nitrogens is 1. The van der Waals surface area contributed by atoms with Crippen LogP contribution in [-0.4, -0.2) is 21.9 Å². The molecule has 1 amide bonds. The second-order valence-corrected chi connectivity index (χ2v) is 4.71. The summed E-state index contributed by atoms with van der Waals surface area (Å²) in [6.07, 6.45) is 0.688. The van der Waals surface area contributed by atoms with Crippen molar-refractivity contribution in [1.82, 2.24) is 4.98 Å². The molecule has 0 aliphatic carbocycles. The number of para-hydroxylation sites is 2. The first kappa shape index (κ1) is 13.9. The molecule has 1 N–H and O–H groups in total. The molecule has 1 atom stereocenters. The van der Waals surface area contributed by atoms with Gasteiger partial charge in [0.15, 0.2) is 17.0 Å². The average Bonchev–Trinajstić information content (AvgIpc) is 2.91. The third kappa shape index (κ3) is 3.29. The van der Waals surface area contributed by atoms with Crippen LogP contribution in [0.5, 0.6) is 5.75 Å². The molecule has 8 heteroatoms. The molecule has 0 saturated carbocycles. The number of carbonyl (C=O) groups excluding carboxylic acids is 1. The van der Waals surface area contributed by atoms with Gasteiger partial charge in [-0.25, -0.2) is 4.98 Å². The Morgan fingerprint density at radius 2 is 2.25 bits per heavy atom. The highest BCUT2D eigenvalue weighted by molar-refractivity contribution is 7.13. The number of benzene rings is 1. The third-order valence-electron chi connectivity index (χ3n) is 2.40. The van der Waals surface area contributed by atoms with Gasteiger partial charge >= 0.3 is 5.69 Å². The van der Waals surface area contributed by atoms with Gasteiger partial charge in [0.2, 0.25) is 0 Å². The highest BCUT2D eigenvalue weighted by Crippen LogP contribution is 2.27. The number of nitro groups is 1. The van der Waals surface area contributed by atoms with E-state index in [-0.39, 0.29) is 11.4 Å². The molecule has 0 bridgehead atoms. The molecule has 2 rings (SSSR count). The van der Waals surface area contributed by atoms with E-state index in [1.165, 1.54) is 36.5 Å². The number of thiazole rings is 1. The van der Waals surface area contributed by atoms with Crippen molar-refractivity contribution in [3.05, 3.63) is 46.0 Å². The summed E-state index contributed by atoms with van der Waals surface area (Å²) in [5, 5.41) is 15.6. The zero-order valence-electron chi connectivity index (χ0n) is 10.5. The van der Waals surface area contributed by atoms with E-state index >= 15 is 0 Å². The summed E-state index contributed by atoms with van der Waals surface area (Å²) < 4.78 is 5.34. The number of anilines is 1. The molecule has 2 aromatic rings. The molecule has 20 heavy (non-hydrogen) atoms. The number of nitrogens with zero attached hydrogens (tertiary/aromatic N) is 2. The van der Waals surface area contributed by atoms with Gasteiger partial charge in [0, 0.05) is 17.6 Å². The molecule has 1 aromatic carbocycles. The fourth-order valence-electron chi connectivity index (χ4n) is 1.44. The Morgan fingerprint density at radius 1 is 1.50 bits per heavy atom. The van der Waals surface area contributed by atoms with Crippen LogP contribution in [0.1, 0.15) is 6.92 Å². The summed E-state index contributed by atoms with van der Waals surface area (Å²) in [5.74, 6) is -0.364. The van der Waals surface area contributed by atoms with Gasteiger partial charge in [0.25, 0.3) is 5.91 Å². The topological polar surface area (TPSA) is 94.4 Å². The highest BCUT2D eigenvalue weighted by Gasteiger charge is 2.21. The van der Waals surface area contributed by atoms with Crippen LogP contribution in [0.25, 0.3) is 0 Å². The predicted octanol–water partition coefficient (Wildman–Crippen LogP) is 2.46. The lowest BCUT2D eigenvalue weighted by Gasteiger charge is -2.13. The van der Waals surface area contributed by atoms with Crippen LogP contribution >= 0.6 is 11.3 Å². The first-order valence-electron chi connectivity index (χ1n) is 5.68. The summed E-state index contributed by atoms with van der Waals surface area (Å²) in [6.45, 7) is 1.51. The van der Waals surface area contributed by atoms with Crippen LogP contribution in [0.15, 0.2) is 35.8 Å². The molecular formula is C12H11N3O4S. The fraction of sp³-hybridized carbons (Fsp3) is 0.167. The predicted molar refractivity (Wildman–Crippen MR) is 73.9 cm³/mol. The molecule has 7 nitrogen and oxygen atoms in total. The third-order valence-corrected chi connectivity index (χ3v) is 3.09. The maximum absolute atomic E-state index is 11.9. The molecule has 0 aliphatic rings. The average molecular weight is 293 g/mol. The summed E-state index contributed by atoms with van der Waals surface area (Å²) in [4.78, 5) is 26.1. The van der Waals surface area contributed by atoms with Gasteiger partial charge in [0.05, 0.1) is 4.92 Å². The van der Waals surface area contributed by atoms with Gasteiger partial charge in [0.1, 0.15) is 0 Å². The van der Waals surface area contributed by atoms with Gasteiger partial charge in [-0.2, -0.15) is 0 Å². The number of carbonyl (C=O) groups is 1. The highest BCUT2D eigenvalue weighted by atomic mass is 32.1. The van der Waals surface area contributed by atoms with Gasteiger partial charge in [-0.1, -0.05) is 12.1 Å². The van der Waals surface area contributed by atoms with Gasteiger partial charge in [-0.15, -0.1) is 11.3 Å². The quantitative estimate of drug-likeness (QED) is 0.675. The minimum atomic E-state index is -0.875. The Balaban J connectivity index is 2.06. The van der Waals surface area contributed by atoms with Crippen LogP contribution in [0.4, 0.5) is 10.8 Å². The number of ether oxygens (including phenoxy) is 1. The fourth-order valence-corrected chi connectivity index (χ4v) is 1.98. The molecule has 104 valence electrons. The second-order valence-electron chi connectivity index (χ2n) is 3.81. The van der Waals surface area contributed by atoms with Gasteiger partial charge in [-0.3, -0.25) is 20.2 Å². The minimum absolute atomic E-state index is 0.0549. The van der Waals surface area contributed by atoms with Crippen LogP contribution in [0, 0.1) is 10.1 Å². The molecule has 1 heterocycles. The van der Waals surface area contributed by atoms with Crippen LogP contribution in [0.3, 0.4) is 0 Å². The molecule has 1 aromatic heterocycles. The van der Waals surface area contributed by atoms with E-state index < -0.39 is 16.9 Å². The Kier molecular flexibility index (Phi) is 4.26. The lowest BCUT2D eigenvalue weighted by Crippen LogP contribution is -2.30. The lowest BCUT2D eigenvalue weighted by molar-refractivity contribution is -0.386. The van der Waals surface area contributed by atoms with E-state index in [2.05, 4.69) is 10.3 Å². The van der Waals surface area contributed by atoms with Crippen molar-refractivity contribution in [2.45, 2.75) is 13.0 Å². The molecule has 0 spiro atoms. The van der Waals surface area contributed by atoms with Gasteiger partial charge < -0.3 is 4.74 Å². The van der Waals surface area contributed by atoms with Crippen molar-refractivity contribution in [3.8, 4) is 5.75 Å². The van der Waals surface area contributed by atoms with E-state index in [0.717, 1.165) is 0 Å². The summed E-state index contributed by atoms with van der Waals surface area (Å²) in [6, 6.07) is 5.91. The Labute approximate surface area is 118 Å². The second kappa shape index (κ2) is 6.11. The van der Waals surface area contributed by atoms with Crippen molar-refractivity contribution in [2.75, 3.05) is 5.32 Å². The number of hydrogen-bond donors (Lipinski definition) is 1. The maximum atomic E-state index is 11.9. The molecule has 1 unspecified atom stereocenters. The summed E-state index contributed by atoms with van der Waals surface area (Å²) in [5.41, 5.74) is -0.179. The maximum Gasteiger partial charge on any atom is 0.310 e. The summed E-state index contributed by atoms with van der Waals surface area (Å²) in [7, 11) is 0. The van der Waals surface area contributed by atoms with E-state index in [1.807, 2.05) is 0 Å². The standard InChI is InChI=1S/C12H11N3O4S/c1-8(11(16)14-12-13-6-7-20-12)19-10-5-3-2-4-9(10)15(17)18/h2-8H,1H3,(H,13,14,16). The number of amides is 1. The molecule has 0 radical (unpaired) electrons. The summed E-state index contributed by atoms with van der Waals surface area (Å²) >= 11 is 1.28.